The molecular weight excluding hydrogens is 406 g/mol. The van der Waals surface area contributed by atoms with Crippen LogP contribution in [-0.4, -0.2) is 36.4 Å². The van der Waals surface area contributed by atoms with E-state index in [9.17, 15) is 9.59 Å². The fourth-order valence-corrected chi connectivity index (χ4v) is 4.35. The van der Waals surface area contributed by atoms with Gasteiger partial charge in [0.25, 0.3) is 0 Å². The Balaban J connectivity index is 1.23. The average Bonchev–Trinajstić information content (AvgIpc) is 3.36. The highest BCUT2D eigenvalue weighted by molar-refractivity contribution is 5.80. The molecule has 6 heteroatoms. The van der Waals surface area contributed by atoms with Crippen LogP contribution in [-0.2, 0) is 25.7 Å². The lowest BCUT2D eigenvalue weighted by Crippen LogP contribution is -2.38. The Hall–Kier alpha value is -3.64. The van der Waals surface area contributed by atoms with E-state index in [-0.39, 0.29) is 25.6 Å². The fraction of sp³-hybridized carbons (Fsp3) is 0.231. The Morgan fingerprint density at radius 3 is 2.19 bits per heavy atom. The van der Waals surface area contributed by atoms with Crippen molar-refractivity contribution in [2.75, 3.05) is 13.2 Å². The highest BCUT2D eigenvalue weighted by Gasteiger charge is 2.39. The van der Waals surface area contributed by atoms with E-state index < -0.39 is 18.1 Å². The van der Waals surface area contributed by atoms with Crippen molar-refractivity contribution in [1.29, 1.82) is 0 Å². The van der Waals surface area contributed by atoms with E-state index in [1.165, 1.54) is 0 Å². The summed E-state index contributed by atoms with van der Waals surface area (Å²) >= 11 is 0. The number of nitrogens with zero attached hydrogens (tertiary/aromatic N) is 1. The van der Waals surface area contributed by atoms with E-state index in [2.05, 4.69) is 24.3 Å². The second-order valence-corrected chi connectivity index (χ2v) is 7.95. The molecule has 0 spiro atoms. The number of hydrogen-bond acceptors (Lipinski definition) is 5. The zero-order valence-electron chi connectivity index (χ0n) is 17.5. The molecule has 2 aliphatic rings. The third kappa shape index (κ3) is 3.97. The van der Waals surface area contributed by atoms with Crippen molar-refractivity contribution < 1.29 is 23.9 Å². The van der Waals surface area contributed by atoms with Crippen LogP contribution in [0.25, 0.3) is 11.1 Å². The normalized spacial score (nSPS) is 17.1. The molecule has 1 fully saturated rings. The maximum Gasteiger partial charge on any atom is 0.443 e. The summed E-state index contributed by atoms with van der Waals surface area (Å²) in [6.07, 6.45) is -0.593. The number of carbonyl (C=O) groups excluding carboxylic acids is 2. The molecule has 3 aromatic rings. The van der Waals surface area contributed by atoms with Crippen LogP contribution in [0.5, 0.6) is 0 Å². The van der Waals surface area contributed by atoms with E-state index in [4.69, 9.17) is 14.3 Å². The number of ether oxygens (including phenoxy) is 2. The molecule has 6 nitrogen and oxygen atoms in total. The van der Waals surface area contributed by atoms with Crippen LogP contribution in [0.1, 0.15) is 29.0 Å². The smallest absolute Gasteiger partial charge is 0.443 e. The summed E-state index contributed by atoms with van der Waals surface area (Å²) < 4.78 is 11.3. The first-order valence-electron chi connectivity index (χ1n) is 10.7. The quantitative estimate of drug-likeness (QED) is 0.569. The zero-order valence-corrected chi connectivity index (χ0v) is 17.5. The molecule has 0 saturated carbocycles. The van der Waals surface area contributed by atoms with Gasteiger partial charge in [-0.3, -0.25) is 0 Å². The van der Waals surface area contributed by atoms with Gasteiger partial charge in [-0.1, -0.05) is 78.9 Å². The molecule has 162 valence electrons. The van der Waals surface area contributed by atoms with Crippen LogP contribution >= 0.6 is 0 Å². The molecule has 0 bridgehead atoms. The lowest BCUT2D eigenvalue weighted by molar-refractivity contribution is -0.169. The Labute approximate surface area is 186 Å². The van der Waals surface area contributed by atoms with Gasteiger partial charge in [-0.2, -0.15) is 0 Å². The number of hydroxylamine groups is 2. The monoisotopic (exact) mass is 429 g/mol. The largest absolute Gasteiger partial charge is 0.446 e. The van der Waals surface area contributed by atoms with E-state index in [1.54, 1.807) is 0 Å². The summed E-state index contributed by atoms with van der Waals surface area (Å²) in [5.74, 6) is -0.524. The Morgan fingerprint density at radius 1 is 0.875 bits per heavy atom. The van der Waals surface area contributed by atoms with Crippen molar-refractivity contribution in [3.8, 4) is 11.1 Å². The van der Waals surface area contributed by atoms with Gasteiger partial charge < -0.3 is 14.3 Å². The minimum Gasteiger partial charge on any atom is -0.446 e. The number of rotatable bonds is 6. The topological polar surface area (TPSA) is 65.1 Å². The van der Waals surface area contributed by atoms with Gasteiger partial charge in [0.1, 0.15) is 12.6 Å². The third-order valence-electron chi connectivity index (χ3n) is 5.87. The maximum atomic E-state index is 12.8. The van der Waals surface area contributed by atoms with Gasteiger partial charge in [-0.05, 0) is 27.8 Å². The lowest BCUT2D eigenvalue weighted by atomic mass is 9.98. The molecule has 1 aliphatic carbocycles. The third-order valence-corrected chi connectivity index (χ3v) is 5.87. The van der Waals surface area contributed by atoms with Crippen molar-refractivity contribution in [2.45, 2.75) is 25.0 Å². The van der Waals surface area contributed by atoms with Crippen LogP contribution in [0.3, 0.4) is 0 Å². The van der Waals surface area contributed by atoms with Crippen molar-refractivity contribution in [3.63, 3.8) is 0 Å². The van der Waals surface area contributed by atoms with E-state index in [0.29, 0.717) is 6.61 Å². The molecule has 0 aromatic heterocycles. The van der Waals surface area contributed by atoms with Gasteiger partial charge in [0.05, 0.1) is 19.6 Å². The molecule has 5 rings (SSSR count). The number of amides is 1. The van der Waals surface area contributed by atoms with E-state index >= 15 is 0 Å². The van der Waals surface area contributed by atoms with Crippen LogP contribution in [0.4, 0.5) is 4.79 Å². The molecule has 3 aromatic carbocycles. The molecule has 1 atom stereocenters. The minimum atomic E-state index is -0.675. The molecule has 0 N–H and O–H groups in total. The van der Waals surface area contributed by atoms with Crippen LogP contribution in [0, 0.1) is 0 Å². The number of benzene rings is 3. The van der Waals surface area contributed by atoms with Crippen molar-refractivity contribution in [1.82, 2.24) is 5.06 Å². The predicted molar refractivity (Wildman–Crippen MR) is 118 cm³/mol. The number of hydrogen-bond donors (Lipinski definition) is 0. The summed E-state index contributed by atoms with van der Waals surface area (Å²) in [5, 5.41) is 1.01. The van der Waals surface area contributed by atoms with Gasteiger partial charge in [-0.15, -0.1) is 5.06 Å². The Bertz CT molecular complexity index is 1080. The molecule has 1 saturated heterocycles. The highest BCUT2D eigenvalue weighted by Crippen LogP contribution is 2.44. The zero-order chi connectivity index (χ0) is 21.9. The summed E-state index contributed by atoms with van der Waals surface area (Å²) in [6, 6.07) is 25.5. The Morgan fingerprint density at radius 2 is 1.50 bits per heavy atom. The first-order valence-corrected chi connectivity index (χ1v) is 10.7. The standard InChI is InChI=1S/C26H23NO5/c28-25-14-19(16-30-15-18-8-2-1-3-9-18)27(32-25)26(29)31-17-24-22-12-6-4-10-20(22)21-11-5-7-13-23(21)24/h1-13,19,24H,14-17H2/t19-/m0/s1. The van der Waals surface area contributed by atoms with Crippen LogP contribution < -0.4 is 0 Å². The van der Waals surface area contributed by atoms with Gasteiger partial charge in [0, 0.05) is 5.92 Å². The molecule has 0 unspecified atom stereocenters. The summed E-state index contributed by atoms with van der Waals surface area (Å²) in [5.41, 5.74) is 5.59. The van der Waals surface area contributed by atoms with Gasteiger partial charge >= 0.3 is 12.1 Å². The number of fused-ring (bicyclic) bond motifs is 3. The SMILES string of the molecule is O=C1C[C@@H](COCc2ccccc2)N(C(=O)OCC2c3ccccc3-c3ccccc32)O1. The predicted octanol–water partition coefficient (Wildman–Crippen LogP) is 4.68. The van der Waals surface area contributed by atoms with E-state index in [1.807, 2.05) is 54.6 Å². The van der Waals surface area contributed by atoms with Crippen molar-refractivity contribution in [3.05, 3.63) is 95.6 Å². The summed E-state index contributed by atoms with van der Waals surface area (Å²) in [7, 11) is 0. The van der Waals surface area contributed by atoms with Gasteiger partial charge in [0.2, 0.25) is 0 Å². The second kappa shape index (κ2) is 8.85. The molecule has 1 amide bonds. The van der Waals surface area contributed by atoms with E-state index in [0.717, 1.165) is 32.9 Å². The highest BCUT2D eigenvalue weighted by atomic mass is 16.8. The first kappa shape index (κ1) is 20.3. The minimum absolute atomic E-state index is 0.0579. The van der Waals surface area contributed by atoms with Crippen molar-refractivity contribution in [2.24, 2.45) is 0 Å². The lowest BCUT2D eigenvalue weighted by Gasteiger charge is -2.22. The van der Waals surface area contributed by atoms with Crippen molar-refractivity contribution >= 4 is 12.1 Å². The number of carbonyl (C=O) groups is 2. The average molecular weight is 429 g/mol. The fourth-order valence-electron chi connectivity index (χ4n) is 4.35. The molecule has 0 radical (unpaired) electrons. The molecular formula is C26H23NO5. The maximum absolute atomic E-state index is 12.8. The van der Waals surface area contributed by atoms with Gasteiger partial charge in [0.15, 0.2) is 0 Å². The van der Waals surface area contributed by atoms with Gasteiger partial charge in [-0.25, -0.2) is 9.59 Å². The Kier molecular flexibility index (Phi) is 5.60. The summed E-state index contributed by atoms with van der Waals surface area (Å²) in [6.45, 7) is 0.743. The first-order chi connectivity index (χ1) is 15.7. The molecule has 32 heavy (non-hydrogen) atoms. The van der Waals surface area contributed by atoms with Crippen LogP contribution in [0.15, 0.2) is 78.9 Å². The molecule has 1 aliphatic heterocycles. The second-order valence-electron chi connectivity index (χ2n) is 7.95. The molecule has 1 heterocycles. The summed E-state index contributed by atoms with van der Waals surface area (Å²) in [4.78, 5) is 29.8. The van der Waals surface area contributed by atoms with Crippen LogP contribution in [0.2, 0.25) is 0 Å².